The molecule has 0 saturated carbocycles. The standard InChI is InChI=1S/C21H21NO2/c23-20(19-12-6-10-17-9-4-5-11-18(17)19)15-22-21(24)14-13-16-7-2-1-3-8-16/h1-12,20,23H,13-15H2,(H,22,24)/t20-/m1/s1. The molecule has 2 N–H and O–H groups in total. The second kappa shape index (κ2) is 7.75. The quantitative estimate of drug-likeness (QED) is 0.729. The summed E-state index contributed by atoms with van der Waals surface area (Å²) in [5.41, 5.74) is 1.98. The van der Waals surface area contributed by atoms with Gasteiger partial charge in [0.2, 0.25) is 5.91 Å². The molecule has 0 radical (unpaired) electrons. The van der Waals surface area contributed by atoms with Crippen molar-refractivity contribution in [2.45, 2.75) is 18.9 Å². The molecule has 3 aromatic carbocycles. The number of nitrogens with one attached hydrogen (secondary N) is 1. The van der Waals surface area contributed by atoms with E-state index in [1.54, 1.807) is 0 Å². The first-order chi connectivity index (χ1) is 11.7. The summed E-state index contributed by atoms with van der Waals surface area (Å²) in [6.45, 7) is 0.224. The SMILES string of the molecule is O=C(CCc1ccccc1)NC[C@@H](O)c1cccc2ccccc12. The Hall–Kier alpha value is -2.65. The van der Waals surface area contributed by atoms with E-state index in [-0.39, 0.29) is 12.5 Å². The van der Waals surface area contributed by atoms with Crippen molar-refractivity contribution in [1.82, 2.24) is 5.32 Å². The molecule has 3 nitrogen and oxygen atoms in total. The molecule has 0 bridgehead atoms. The first kappa shape index (κ1) is 16.2. The summed E-state index contributed by atoms with van der Waals surface area (Å²) in [4.78, 5) is 12.0. The smallest absolute Gasteiger partial charge is 0.220 e. The number of rotatable bonds is 6. The van der Waals surface area contributed by atoms with Crippen LogP contribution in [0, 0.1) is 0 Å². The van der Waals surface area contributed by atoms with Crippen molar-refractivity contribution in [3.05, 3.63) is 83.9 Å². The number of hydrogen-bond acceptors (Lipinski definition) is 2. The second-order valence-corrected chi connectivity index (χ2v) is 5.87. The van der Waals surface area contributed by atoms with Crippen LogP contribution < -0.4 is 5.32 Å². The predicted molar refractivity (Wildman–Crippen MR) is 96.7 cm³/mol. The molecule has 0 spiro atoms. The number of carbonyl (C=O) groups excluding carboxylic acids is 1. The van der Waals surface area contributed by atoms with E-state index in [4.69, 9.17) is 0 Å². The fourth-order valence-electron chi connectivity index (χ4n) is 2.85. The number of benzene rings is 3. The van der Waals surface area contributed by atoms with E-state index in [1.165, 1.54) is 0 Å². The van der Waals surface area contributed by atoms with E-state index in [1.807, 2.05) is 72.8 Å². The first-order valence-corrected chi connectivity index (χ1v) is 8.20. The van der Waals surface area contributed by atoms with Crippen molar-refractivity contribution in [2.75, 3.05) is 6.54 Å². The number of amides is 1. The molecule has 0 aliphatic heterocycles. The van der Waals surface area contributed by atoms with Gasteiger partial charge in [-0.3, -0.25) is 4.79 Å². The summed E-state index contributed by atoms with van der Waals surface area (Å²) in [7, 11) is 0. The summed E-state index contributed by atoms with van der Waals surface area (Å²) in [5.74, 6) is -0.0434. The minimum Gasteiger partial charge on any atom is -0.387 e. The minimum absolute atomic E-state index is 0.0434. The highest BCUT2D eigenvalue weighted by atomic mass is 16.3. The number of aryl methyl sites for hydroxylation is 1. The average Bonchev–Trinajstić information content (AvgIpc) is 2.64. The predicted octanol–water partition coefficient (Wildman–Crippen LogP) is 3.62. The Morgan fingerprint density at radius 1 is 0.917 bits per heavy atom. The molecule has 1 atom stereocenters. The molecule has 0 aliphatic carbocycles. The van der Waals surface area contributed by atoms with Crippen molar-refractivity contribution in [1.29, 1.82) is 0 Å². The molecule has 0 aliphatic rings. The van der Waals surface area contributed by atoms with Crippen molar-refractivity contribution in [3.8, 4) is 0 Å². The van der Waals surface area contributed by atoms with E-state index in [2.05, 4.69) is 5.32 Å². The molecule has 1 amide bonds. The van der Waals surface area contributed by atoms with Gasteiger partial charge in [-0.1, -0.05) is 72.8 Å². The van der Waals surface area contributed by atoms with Gasteiger partial charge in [-0.05, 0) is 28.3 Å². The number of fused-ring (bicyclic) bond motifs is 1. The third kappa shape index (κ3) is 4.00. The van der Waals surface area contributed by atoms with Crippen LogP contribution in [0.5, 0.6) is 0 Å². The van der Waals surface area contributed by atoms with Crippen LogP contribution in [0.1, 0.15) is 23.7 Å². The molecule has 0 fully saturated rings. The maximum Gasteiger partial charge on any atom is 0.220 e. The van der Waals surface area contributed by atoms with Crippen LogP contribution >= 0.6 is 0 Å². The molecule has 122 valence electrons. The van der Waals surface area contributed by atoms with E-state index < -0.39 is 6.10 Å². The molecular weight excluding hydrogens is 298 g/mol. The Labute approximate surface area is 142 Å². The molecule has 0 unspecified atom stereocenters. The molecule has 0 saturated heterocycles. The van der Waals surface area contributed by atoms with Gasteiger partial charge in [-0.25, -0.2) is 0 Å². The lowest BCUT2D eigenvalue weighted by Gasteiger charge is -2.14. The maximum absolute atomic E-state index is 12.0. The molecule has 0 heterocycles. The number of aliphatic hydroxyl groups excluding tert-OH is 1. The van der Waals surface area contributed by atoms with Crippen LogP contribution in [0.25, 0.3) is 10.8 Å². The Kier molecular flexibility index (Phi) is 5.24. The highest BCUT2D eigenvalue weighted by molar-refractivity contribution is 5.86. The topological polar surface area (TPSA) is 49.3 Å². The first-order valence-electron chi connectivity index (χ1n) is 8.20. The zero-order valence-corrected chi connectivity index (χ0v) is 13.5. The zero-order chi connectivity index (χ0) is 16.8. The third-order valence-electron chi connectivity index (χ3n) is 4.16. The fraction of sp³-hybridized carbons (Fsp3) is 0.190. The van der Waals surface area contributed by atoms with E-state index >= 15 is 0 Å². The zero-order valence-electron chi connectivity index (χ0n) is 13.5. The molecule has 0 aromatic heterocycles. The Morgan fingerprint density at radius 2 is 1.62 bits per heavy atom. The molecule has 24 heavy (non-hydrogen) atoms. The largest absolute Gasteiger partial charge is 0.387 e. The van der Waals surface area contributed by atoms with Gasteiger partial charge in [0.05, 0.1) is 6.10 Å². The Morgan fingerprint density at radius 3 is 2.46 bits per heavy atom. The molecule has 3 heteroatoms. The fourth-order valence-corrected chi connectivity index (χ4v) is 2.85. The van der Waals surface area contributed by atoms with Crippen molar-refractivity contribution < 1.29 is 9.90 Å². The normalized spacial score (nSPS) is 12.0. The van der Waals surface area contributed by atoms with Crippen LogP contribution in [0.15, 0.2) is 72.8 Å². The van der Waals surface area contributed by atoms with Crippen LogP contribution in [0.2, 0.25) is 0 Å². The summed E-state index contributed by atoms with van der Waals surface area (Å²) in [6, 6.07) is 23.7. The van der Waals surface area contributed by atoms with Crippen LogP contribution in [-0.2, 0) is 11.2 Å². The summed E-state index contributed by atoms with van der Waals surface area (Å²) in [5, 5.41) is 15.4. The number of aliphatic hydroxyl groups is 1. The molecule has 3 rings (SSSR count). The van der Waals surface area contributed by atoms with Gasteiger partial charge < -0.3 is 10.4 Å². The maximum atomic E-state index is 12.0. The molecular formula is C21H21NO2. The lowest BCUT2D eigenvalue weighted by molar-refractivity contribution is -0.121. The number of carbonyl (C=O) groups is 1. The van der Waals surface area contributed by atoms with Crippen LogP contribution in [0.3, 0.4) is 0 Å². The van der Waals surface area contributed by atoms with E-state index in [9.17, 15) is 9.90 Å². The Bertz CT molecular complexity index is 809. The monoisotopic (exact) mass is 319 g/mol. The summed E-state index contributed by atoms with van der Waals surface area (Å²) >= 11 is 0. The van der Waals surface area contributed by atoms with Gasteiger partial charge in [-0.2, -0.15) is 0 Å². The summed E-state index contributed by atoms with van der Waals surface area (Å²) < 4.78 is 0. The average molecular weight is 319 g/mol. The summed E-state index contributed by atoms with van der Waals surface area (Å²) in [6.07, 6.45) is 0.417. The van der Waals surface area contributed by atoms with Crippen LogP contribution in [-0.4, -0.2) is 17.6 Å². The van der Waals surface area contributed by atoms with Gasteiger partial charge in [0.15, 0.2) is 0 Å². The Balaban J connectivity index is 1.56. The highest BCUT2D eigenvalue weighted by Crippen LogP contribution is 2.23. The van der Waals surface area contributed by atoms with Crippen molar-refractivity contribution in [2.24, 2.45) is 0 Å². The van der Waals surface area contributed by atoms with Crippen LogP contribution in [0.4, 0.5) is 0 Å². The van der Waals surface area contributed by atoms with Gasteiger partial charge in [0, 0.05) is 13.0 Å². The van der Waals surface area contributed by atoms with Gasteiger partial charge in [0.25, 0.3) is 0 Å². The van der Waals surface area contributed by atoms with Gasteiger partial charge in [-0.15, -0.1) is 0 Å². The second-order valence-electron chi connectivity index (χ2n) is 5.87. The van der Waals surface area contributed by atoms with Crippen molar-refractivity contribution in [3.63, 3.8) is 0 Å². The van der Waals surface area contributed by atoms with Crippen molar-refractivity contribution >= 4 is 16.7 Å². The minimum atomic E-state index is -0.711. The highest BCUT2D eigenvalue weighted by Gasteiger charge is 2.12. The number of hydrogen-bond donors (Lipinski definition) is 2. The lowest BCUT2D eigenvalue weighted by Crippen LogP contribution is -2.28. The van der Waals surface area contributed by atoms with Gasteiger partial charge >= 0.3 is 0 Å². The van der Waals surface area contributed by atoms with E-state index in [0.717, 1.165) is 21.9 Å². The van der Waals surface area contributed by atoms with E-state index in [0.29, 0.717) is 12.8 Å². The molecule has 3 aromatic rings. The third-order valence-corrected chi connectivity index (χ3v) is 4.16. The lowest BCUT2D eigenvalue weighted by atomic mass is 10.0. The van der Waals surface area contributed by atoms with Gasteiger partial charge in [0.1, 0.15) is 0 Å².